The Balaban J connectivity index is 1.89. The molecule has 0 unspecified atom stereocenters. The average molecular weight is 431 g/mol. The van der Waals surface area contributed by atoms with Gasteiger partial charge in [0.2, 0.25) is 0 Å². The van der Waals surface area contributed by atoms with Crippen LogP contribution in [0, 0.1) is 6.92 Å². The number of carbonyl (C=O) groups excluding carboxylic acids is 1. The lowest BCUT2D eigenvalue weighted by molar-refractivity contribution is 0.102. The van der Waals surface area contributed by atoms with Gasteiger partial charge < -0.3 is 10.1 Å². The van der Waals surface area contributed by atoms with E-state index in [0.29, 0.717) is 17.0 Å². The van der Waals surface area contributed by atoms with Crippen molar-refractivity contribution in [1.82, 2.24) is 0 Å². The van der Waals surface area contributed by atoms with Crippen LogP contribution < -0.4 is 14.8 Å². The maximum atomic E-state index is 12.8. The summed E-state index contributed by atoms with van der Waals surface area (Å²) in [5.74, 6) is 0.000785. The van der Waals surface area contributed by atoms with E-state index in [0.717, 1.165) is 5.56 Å². The van der Waals surface area contributed by atoms with Crippen LogP contribution in [0.2, 0.25) is 5.02 Å². The summed E-state index contributed by atoms with van der Waals surface area (Å²) in [5, 5.41) is 2.89. The third-order valence-corrected chi connectivity index (χ3v) is 5.82. The van der Waals surface area contributed by atoms with Gasteiger partial charge in [0.1, 0.15) is 5.75 Å². The van der Waals surface area contributed by atoms with Crippen LogP contribution in [0.15, 0.2) is 71.6 Å². The first-order valence-corrected chi connectivity index (χ1v) is 10.5. The number of amides is 1. The molecule has 0 saturated carbocycles. The summed E-state index contributed by atoms with van der Waals surface area (Å²) in [6, 6.07) is 17.8. The van der Waals surface area contributed by atoms with Gasteiger partial charge in [-0.05, 0) is 49.4 Å². The molecule has 0 bridgehead atoms. The SMILES string of the molecule is COc1ccccc1NS(=O)(=O)c1ccc(Cl)c(NC(=O)c2cccc(C)c2)c1. The monoisotopic (exact) mass is 430 g/mol. The highest BCUT2D eigenvalue weighted by Crippen LogP contribution is 2.29. The van der Waals surface area contributed by atoms with Crippen molar-refractivity contribution in [3.8, 4) is 5.75 Å². The fourth-order valence-electron chi connectivity index (χ4n) is 2.68. The van der Waals surface area contributed by atoms with Crippen molar-refractivity contribution in [2.45, 2.75) is 11.8 Å². The molecule has 0 aliphatic rings. The zero-order valence-electron chi connectivity index (χ0n) is 15.8. The number of hydrogen-bond acceptors (Lipinski definition) is 4. The average Bonchev–Trinajstić information content (AvgIpc) is 2.69. The van der Waals surface area contributed by atoms with Crippen LogP contribution >= 0.6 is 11.6 Å². The van der Waals surface area contributed by atoms with Crippen LogP contribution in [-0.4, -0.2) is 21.4 Å². The molecule has 2 N–H and O–H groups in total. The number of nitrogens with one attached hydrogen (secondary N) is 2. The minimum atomic E-state index is -3.93. The smallest absolute Gasteiger partial charge is 0.262 e. The Morgan fingerprint density at radius 3 is 2.45 bits per heavy atom. The second-order valence-electron chi connectivity index (χ2n) is 6.27. The van der Waals surface area contributed by atoms with Gasteiger partial charge in [0, 0.05) is 5.56 Å². The summed E-state index contributed by atoms with van der Waals surface area (Å²) in [7, 11) is -2.48. The minimum absolute atomic E-state index is 0.0488. The predicted octanol–water partition coefficient (Wildman–Crippen LogP) is 4.71. The van der Waals surface area contributed by atoms with Gasteiger partial charge >= 0.3 is 0 Å². The number of halogens is 1. The lowest BCUT2D eigenvalue weighted by Gasteiger charge is -2.13. The molecule has 0 heterocycles. The van der Waals surface area contributed by atoms with Crippen LogP contribution in [0.1, 0.15) is 15.9 Å². The number of methoxy groups -OCH3 is 1. The first-order chi connectivity index (χ1) is 13.8. The molecule has 0 aliphatic carbocycles. The molecular weight excluding hydrogens is 412 g/mol. The Morgan fingerprint density at radius 2 is 1.72 bits per heavy atom. The lowest BCUT2D eigenvalue weighted by atomic mass is 10.1. The quantitative estimate of drug-likeness (QED) is 0.593. The number of rotatable bonds is 6. The van der Waals surface area contributed by atoms with Crippen molar-refractivity contribution in [2.24, 2.45) is 0 Å². The number of ether oxygens (including phenoxy) is 1. The number of carbonyl (C=O) groups is 1. The summed E-state index contributed by atoms with van der Waals surface area (Å²) in [6.45, 7) is 1.88. The first kappa shape index (κ1) is 20.7. The molecule has 0 spiro atoms. The fourth-order valence-corrected chi connectivity index (χ4v) is 3.94. The van der Waals surface area contributed by atoms with Crippen molar-refractivity contribution in [3.63, 3.8) is 0 Å². The summed E-state index contributed by atoms with van der Waals surface area (Å²) >= 11 is 6.17. The zero-order valence-corrected chi connectivity index (χ0v) is 17.3. The molecule has 29 heavy (non-hydrogen) atoms. The number of aryl methyl sites for hydroxylation is 1. The minimum Gasteiger partial charge on any atom is -0.495 e. The van der Waals surface area contributed by atoms with Crippen LogP contribution in [-0.2, 0) is 10.0 Å². The molecule has 150 valence electrons. The van der Waals surface area contributed by atoms with Gasteiger partial charge in [0.05, 0.1) is 28.4 Å². The Kier molecular flexibility index (Phi) is 6.10. The molecule has 1 amide bonds. The normalized spacial score (nSPS) is 11.0. The Bertz CT molecular complexity index is 1160. The molecule has 0 saturated heterocycles. The predicted molar refractivity (Wildman–Crippen MR) is 114 cm³/mol. The number of benzene rings is 3. The molecule has 3 aromatic rings. The van der Waals surface area contributed by atoms with Crippen molar-refractivity contribution >= 4 is 38.9 Å². The molecule has 0 aromatic heterocycles. The van der Waals surface area contributed by atoms with E-state index in [1.165, 1.54) is 25.3 Å². The molecule has 3 aromatic carbocycles. The third-order valence-electron chi connectivity index (χ3n) is 4.13. The molecule has 0 aliphatic heterocycles. The van der Waals surface area contributed by atoms with Gasteiger partial charge in [-0.15, -0.1) is 0 Å². The zero-order chi connectivity index (χ0) is 21.0. The van der Waals surface area contributed by atoms with E-state index in [2.05, 4.69) is 10.0 Å². The van der Waals surface area contributed by atoms with Crippen molar-refractivity contribution < 1.29 is 17.9 Å². The van der Waals surface area contributed by atoms with Crippen LogP contribution in [0.25, 0.3) is 0 Å². The molecule has 8 heteroatoms. The number of anilines is 2. The standard InChI is InChI=1S/C21H19ClN2O4S/c1-14-6-5-7-15(12-14)21(25)23-19-13-16(10-11-17(19)22)29(26,27)24-18-8-3-4-9-20(18)28-2/h3-13,24H,1-2H3,(H,23,25). The highest BCUT2D eigenvalue weighted by atomic mass is 35.5. The summed E-state index contributed by atoms with van der Waals surface area (Å²) < 4.78 is 33.3. The van der Waals surface area contributed by atoms with Crippen molar-refractivity contribution in [1.29, 1.82) is 0 Å². The second kappa shape index (κ2) is 8.55. The van der Waals surface area contributed by atoms with Crippen LogP contribution in [0.4, 0.5) is 11.4 Å². The molecule has 3 rings (SSSR count). The second-order valence-corrected chi connectivity index (χ2v) is 8.36. The number of hydrogen-bond donors (Lipinski definition) is 2. The van der Waals surface area contributed by atoms with E-state index >= 15 is 0 Å². The maximum absolute atomic E-state index is 12.8. The van der Waals surface area contributed by atoms with Crippen molar-refractivity contribution in [3.05, 3.63) is 82.9 Å². The van der Waals surface area contributed by atoms with Gasteiger partial charge in [0.15, 0.2) is 0 Å². The van der Waals surface area contributed by atoms with E-state index in [9.17, 15) is 13.2 Å². The summed E-state index contributed by atoms with van der Waals surface area (Å²) in [6.07, 6.45) is 0. The van der Waals surface area contributed by atoms with Crippen LogP contribution in [0.3, 0.4) is 0 Å². The maximum Gasteiger partial charge on any atom is 0.262 e. The van der Waals surface area contributed by atoms with E-state index in [4.69, 9.17) is 16.3 Å². The van der Waals surface area contributed by atoms with Gasteiger partial charge in [-0.3, -0.25) is 9.52 Å². The Hall–Kier alpha value is -3.03. The lowest BCUT2D eigenvalue weighted by Crippen LogP contribution is -2.16. The van der Waals surface area contributed by atoms with Crippen molar-refractivity contribution in [2.75, 3.05) is 17.1 Å². The third kappa shape index (κ3) is 4.88. The Morgan fingerprint density at radius 1 is 0.966 bits per heavy atom. The molecular formula is C21H19ClN2O4S. The topological polar surface area (TPSA) is 84.5 Å². The van der Waals surface area contributed by atoms with Gasteiger partial charge in [-0.1, -0.05) is 41.4 Å². The highest BCUT2D eigenvalue weighted by molar-refractivity contribution is 7.92. The molecule has 6 nitrogen and oxygen atoms in total. The fraction of sp³-hybridized carbons (Fsp3) is 0.0952. The Labute approximate surface area is 174 Å². The number of para-hydroxylation sites is 2. The summed E-state index contributed by atoms with van der Waals surface area (Å²) in [5.41, 5.74) is 1.87. The van der Waals surface area contributed by atoms with Crippen LogP contribution in [0.5, 0.6) is 5.75 Å². The van der Waals surface area contributed by atoms with Gasteiger partial charge in [0.25, 0.3) is 15.9 Å². The molecule has 0 radical (unpaired) electrons. The first-order valence-electron chi connectivity index (χ1n) is 8.63. The summed E-state index contributed by atoms with van der Waals surface area (Å²) in [4.78, 5) is 12.5. The van der Waals surface area contributed by atoms with E-state index in [1.807, 2.05) is 13.0 Å². The van der Waals surface area contributed by atoms with E-state index < -0.39 is 10.0 Å². The molecule has 0 atom stereocenters. The number of sulfonamides is 1. The highest BCUT2D eigenvalue weighted by Gasteiger charge is 2.19. The van der Waals surface area contributed by atoms with Gasteiger partial charge in [-0.25, -0.2) is 8.42 Å². The largest absolute Gasteiger partial charge is 0.495 e. The van der Waals surface area contributed by atoms with E-state index in [1.54, 1.807) is 42.5 Å². The van der Waals surface area contributed by atoms with Gasteiger partial charge in [-0.2, -0.15) is 0 Å². The molecule has 0 fully saturated rings. The van der Waals surface area contributed by atoms with E-state index in [-0.39, 0.29) is 21.5 Å².